The van der Waals surface area contributed by atoms with E-state index < -0.39 is 8.56 Å². The van der Waals surface area contributed by atoms with Crippen LogP contribution in [0.15, 0.2) is 0 Å². The molecule has 4 nitrogen and oxygen atoms in total. The monoisotopic (exact) mass is 262 g/mol. The third-order valence-corrected chi connectivity index (χ3v) is 7.10. The summed E-state index contributed by atoms with van der Waals surface area (Å²) in [5.41, 5.74) is 0.214. The molecule has 0 aromatic carbocycles. The van der Waals surface area contributed by atoms with Crippen LogP contribution in [-0.2, 0) is 18.3 Å². The Kier molecular flexibility index (Phi) is 5.59. The van der Waals surface area contributed by atoms with Gasteiger partial charge in [-0.25, -0.2) is 0 Å². The van der Waals surface area contributed by atoms with Crippen LogP contribution >= 0.6 is 0 Å². The van der Waals surface area contributed by atoms with Crippen LogP contribution in [0.5, 0.6) is 0 Å². The zero-order valence-electron chi connectivity index (χ0n) is 11.7. The lowest BCUT2D eigenvalue weighted by Gasteiger charge is -2.46. The first-order chi connectivity index (χ1) is 8.05. The Balaban J connectivity index is 2.52. The zero-order chi connectivity index (χ0) is 12.9. The van der Waals surface area contributed by atoms with E-state index >= 15 is 0 Å². The number of hydrogen-bond acceptors (Lipinski definition) is 4. The molecule has 1 saturated heterocycles. The van der Waals surface area contributed by atoms with Crippen LogP contribution in [0.3, 0.4) is 0 Å². The molecule has 0 radical (unpaired) electrons. The fourth-order valence-electron chi connectivity index (χ4n) is 2.34. The van der Waals surface area contributed by atoms with Crippen molar-refractivity contribution in [2.75, 3.05) is 34.5 Å². The maximum atomic E-state index is 5.66. The Morgan fingerprint density at radius 2 is 1.82 bits per heavy atom. The topological polar surface area (TPSA) is 36.9 Å². The Labute approximate surface area is 106 Å². The minimum absolute atomic E-state index is 0.214. The average Bonchev–Trinajstić information content (AvgIpc) is 2.32. The first-order valence-corrected chi connectivity index (χ1v) is 8.79. The molecule has 5 heteroatoms. The van der Waals surface area contributed by atoms with Crippen molar-refractivity contribution in [2.45, 2.75) is 38.5 Å². The molecule has 17 heavy (non-hydrogen) atoms. The van der Waals surface area contributed by atoms with Crippen LogP contribution < -0.4 is 0 Å². The van der Waals surface area contributed by atoms with Gasteiger partial charge in [-0.2, -0.15) is 0 Å². The first-order valence-electron chi connectivity index (χ1n) is 6.26. The Morgan fingerprint density at radius 1 is 1.24 bits per heavy atom. The van der Waals surface area contributed by atoms with Crippen LogP contribution in [0.25, 0.3) is 0 Å². The Morgan fingerprint density at radius 3 is 2.12 bits per heavy atom. The van der Waals surface area contributed by atoms with Gasteiger partial charge < -0.3 is 18.3 Å². The lowest BCUT2D eigenvalue weighted by atomic mass is 9.76. The van der Waals surface area contributed by atoms with Crippen molar-refractivity contribution in [3.63, 3.8) is 0 Å². The van der Waals surface area contributed by atoms with E-state index in [9.17, 15) is 0 Å². The summed E-state index contributed by atoms with van der Waals surface area (Å²) in [5, 5.41) is 0. The predicted octanol–water partition coefficient (Wildman–Crippen LogP) is 2.18. The van der Waals surface area contributed by atoms with Crippen molar-refractivity contribution < 1.29 is 18.3 Å². The fourth-order valence-corrected chi connectivity index (χ4v) is 3.70. The van der Waals surface area contributed by atoms with Gasteiger partial charge in [0.2, 0.25) is 0 Å². The molecular formula is C12H26O4Si. The average molecular weight is 262 g/mol. The van der Waals surface area contributed by atoms with Crippen LogP contribution in [0.2, 0.25) is 12.6 Å². The molecular weight excluding hydrogens is 236 g/mol. The number of rotatable bonds is 8. The van der Waals surface area contributed by atoms with Crippen LogP contribution in [0, 0.1) is 5.41 Å². The molecule has 0 saturated carbocycles. The summed E-state index contributed by atoms with van der Waals surface area (Å²) in [6.07, 6.45) is 2.33. The van der Waals surface area contributed by atoms with Gasteiger partial charge in [0.25, 0.3) is 0 Å². The summed E-state index contributed by atoms with van der Waals surface area (Å²) >= 11 is 0. The molecule has 1 aliphatic heterocycles. The molecule has 1 fully saturated rings. The second-order valence-electron chi connectivity index (χ2n) is 5.01. The normalized spacial score (nSPS) is 21.0. The van der Waals surface area contributed by atoms with Gasteiger partial charge >= 0.3 is 8.56 Å². The Bertz CT molecular complexity index is 221. The van der Waals surface area contributed by atoms with E-state index in [1.54, 1.807) is 21.3 Å². The molecule has 0 amide bonds. The van der Waals surface area contributed by atoms with Crippen molar-refractivity contribution in [3.8, 4) is 0 Å². The highest BCUT2D eigenvalue weighted by atomic mass is 28.4. The van der Waals surface area contributed by atoms with Crippen molar-refractivity contribution in [1.29, 1.82) is 0 Å². The molecule has 1 heterocycles. The van der Waals surface area contributed by atoms with E-state index in [2.05, 4.69) is 13.5 Å². The highest BCUT2D eigenvalue weighted by molar-refractivity contribution is 6.65. The molecule has 0 aromatic rings. The van der Waals surface area contributed by atoms with Crippen LogP contribution in [0.1, 0.15) is 19.8 Å². The molecule has 0 spiro atoms. The van der Waals surface area contributed by atoms with Crippen LogP contribution in [0.4, 0.5) is 0 Å². The zero-order valence-corrected chi connectivity index (χ0v) is 12.7. The Hall–Kier alpha value is 0.0569. The van der Waals surface area contributed by atoms with Gasteiger partial charge in [0.1, 0.15) is 0 Å². The van der Waals surface area contributed by atoms with Gasteiger partial charge in [0, 0.05) is 26.7 Å². The smallest absolute Gasteiger partial charge is 0.334 e. The SMILES string of the molecule is CCC1(C(CC[Si](C)(OC)OC)OC)COC1. The van der Waals surface area contributed by atoms with E-state index in [1.165, 1.54) is 0 Å². The van der Waals surface area contributed by atoms with Gasteiger partial charge in [-0.15, -0.1) is 0 Å². The molecule has 1 rings (SSSR count). The summed E-state index contributed by atoms with van der Waals surface area (Å²) in [6.45, 7) is 5.94. The molecule has 102 valence electrons. The van der Waals surface area contributed by atoms with Gasteiger partial charge in [0.15, 0.2) is 0 Å². The molecule has 1 atom stereocenters. The minimum Gasteiger partial charge on any atom is -0.398 e. The number of ether oxygens (including phenoxy) is 2. The molecule has 1 aliphatic rings. The first kappa shape index (κ1) is 15.1. The van der Waals surface area contributed by atoms with E-state index in [0.717, 1.165) is 32.1 Å². The van der Waals surface area contributed by atoms with Gasteiger partial charge in [-0.1, -0.05) is 6.92 Å². The molecule has 0 bridgehead atoms. The maximum Gasteiger partial charge on any atom is 0.334 e. The summed E-state index contributed by atoms with van der Waals surface area (Å²) in [7, 11) is 3.28. The van der Waals surface area contributed by atoms with Gasteiger partial charge in [-0.05, 0) is 25.4 Å². The largest absolute Gasteiger partial charge is 0.398 e. The van der Waals surface area contributed by atoms with Gasteiger partial charge in [-0.3, -0.25) is 0 Å². The van der Waals surface area contributed by atoms with E-state index in [1.807, 2.05) is 0 Å². The van der Waals surface area contributed by atoms with Crippen LogP contribution in [-0.4, -0.2) is 49.2 Å². The predicted molar refractivity (Wildman–Crippen MR) is 69.4 cm³/mol. The second-order valence-corrected chi connectivity index (χ2v) is 8.60. The third-order valence-electron chi connectivity index (χ3n) is 4.17. The standard InChI is InChI=1S/C12H26O4Si/c1-6-12(9-16-10-12)11(13-2)7-8-17(5,14-3)15-4/h11H,6-10H2,1-5H3. The molecule has 1 unspecified atom stereocenters. The summed E-state index contributed by atoms with van der Waals surface area (Å²) < 4.78 is 22.0. The maximum absolute atomic E-state index is 5.66. The highest BCUT2D eigenvalue weighted by Gasteiger charge is 2.45. The molecule has 0 N–H and O–H groups in total. The van der Waals surface area contributed by atoms with Crippen molar-refractivity contribution in [2.24, 2.45) is 5.41 Å². The lowest BCUT2D eigenvalue weighted by Crippen LogP contribution is -2.52. The van der Waals surface area contributed by atoms with Crippen molar-refractivity contribution >= 4 is 8.56 Å². The van der Waals surface area contributed by atoms with Gasteiger partial charge in [0.05, 0.1) is 19.3 Å². The summed E-state index contributed by atoms with van der Waals surface area (Å²) in [4.78, 5) is 0. The number of methoxy groups -OCH3 is 1. The van der Waals surface area contributed by atoms with Crippen molar-refractivity contribution in [1.82, 2.24) is 0 Å². The number of hydrogen-bond donors (Lipinski definition) is 0. The highest BCUT2D eigenvalue weighted by Crippen LogP contribution is 2.39. The second kappa shape index (κ2) is 6.29. The fraction of sp³-hybridized carbons (Fsp3) is 1.00. The summed E-state index contributed by atoms with van der Waals surface area (Å²) in [5.74, 6) is 0. The molecule has 0 aromatic heterocycles. The third kappa shape index (κ3) is 3.29. The van der Waals surface area contributed by atoms with E-state index in [-0.39, 0.29) is 11.5 Å². The van der Waals surface area contributed by atoms with E-state index in [0.29, 0.717) is 0 Å². The summed E-state index contributed by atoms with van der Waals surface area (Å²) in [6, 6.07) is 0.959. The molecule has 0 aliphatic carbocycles. The minimum atomic E-state index is -1.98. The quantitative estimate of drug-likeness (QED) is 0.628. The van der Waals surface area contributed by atoms with Crippen molar-refractivity contribution in [3.05, 3.63) is 0 Å². The lowest BCUT2D eigenvalue weighted by molar-refractivity contribution is -0.182. The van der Waals surface area contributed by atoms with E-state index in [4.69, 9.17) is 18.3 Å².